The van der Waals surface area contributed by atoms with Crippen molar-refractivity contribution in [1.82, 2.24) is 0 Å². The molecule has 0 saturated carbocycles. The maximum Gasteiger partial charge on any atom is 0.419 e. The molecule has 0 aromatic heterocycles. The van der Waals surface area contributed by atoms with Gasteiger partial charge in [0, 0.05) is 10.6 Å². The van der Waals surface area contributed by atoms with Crippen LogP contribution in [0.1, 0.15) is 21.5 Å². The summed E-state index contributed by atoms with van der Waals surface area (Å²) in [6.45, 7) is -0.0515. The lowest BCUT2D eigenvalue weighted by atomic mass is 10.1. The molecule has 2 aromatic carbocycles. The Kier molecular flexibility index (Phi) is 4.53. The van der Waals surface area contributed by atoms with E-state index in [0.29, 0.717) is 16.9 Å². The zero-order valence-corrected chi connectivity index (χ0v) is 11.4. The summed E-state index contributed by atoms with van der Waals surface area (Å²) in [6, 6.07) is 9.81. The first kappa shape index (κ1) is 15.4. The molecule has 0 N–H and O–H groups in total. The molecular formula is C15H10ClF3O2. The van der Waals surface area contributed by atoms with Gasteiger partial charge < -0.3 is 4.74 Å². The van der Waals surface area contributed by atoms with Crippen LogP contribution in [-0.2, 0) is 12.8 Å². The number of alkyl halides is 3. The predicted molar refractivity (Wildman–Crippen MR) is 72.6 cm³/mol. The molecule has 0 aliphatic carbocycles. The van der Waals surface area contributed by atoms with E-state index >= 15 is 0 Å². The normalized spacial score (nSPS) is 11.2. The molecule has 0 aliphatic rings. The quantitative estimate of drug-likeness (QED) is 0.761. The molecule has 0 unspecified atom stereocenters. The van der Waals surface area contributed by atoms with E-state index in [0.717, 1.165) is 12.1 Å². The molecule has 0 radical (unpaired) electrons. The van der Waals surface area contributed by atoms with E-state index in [2.05, 4.69) is 0 Å². The van der Waals surface area contributed by atoms with Gasteiger partial charge in [0.2, 0.25) is 0 Å². The molecule has 0 amide bonds. The van der Waals surface area contributed by atoms with Gasteiger partial charge in [-0.05, 0) is 35.9 Å². The number of aldehydes is 1. The summed E-state index contributed by atoms with van der Waals surface area (Å²) in [5, 5.41) is 0.475. The summed E-state index contributed by atoms with van der Waals surface area (Å²) >= 11 is 5.80. The molecule has 0 spiro atoms. The van der Waals surface area contributed by atoms with Crippen molar-refractivity contribution in [2.75, 3.05) is 0 Å². The van der Waals surface area contributed by atoms with Crippen LogP contribution in [0, 0.1) is 0 Å². The zero-order valence-electron chi connectivity index (χ0n) is 10.7. The first-order valence-electron chi connectivity index (χ1n) is 5.94. The van der Waals surface area contributed by atoms with Crippen molar-refractivity contribution in [3.63, 3.8) is 0 Å². The number of benzene rings is 2. The minimum atomic E-state index is -4.59. The van der Waals surface area contributed by atoms with Crippen LogP contribution in [0.2, 0.25) is 5.02 Å². The fraction of sp³-hybridized carbons (Fsp3) is 0.133. The summed E-state index contributed by atoms with van der Waals surface area (Å²) in [7, 11) is 0. The summed E-state index contributed by atoms with van der Waals surface area (Å²) < 4.78 is 44.0. The highest BCUT2D eigenvalue weighted by atomic mass is 35.5. The van der Waals surface area contributed by atoms with E-state index in [1.54, 1.807) is 24.3 Å². The van der Waals surface area contributed by atoms with Gasteiger partial charge in [-0.3, -0.25) is 4.79 Å². The van der Waals surface area contributed by atoms with E-state index in [1.807, 2.05) is 0 Å². The minimum absolute atomic E-state index is 0.0515. The van der Waals surface area contributed by atoms with Gasteiger partial charge in [0.05, 0.1) is 5.56 Å². The van der Waals surface area contributed by atoms with Gasteiger partial charge in [-0.15, -0.1) is 0 Å². The summed E-state index contributed by atoms with van der Waals surface area (Å²) in [6.07, 6.45) is -4.24. The van der Waals surface area contributed by atoms with Crippen LogP contribution in [0.15, 0.2) is 42.5 Å². The van der Waals surface area contributed by atoms with Crippen molar-refractivity contribution in [3.8, 4) is 5.75 Å². The van der Waals surface area contributed by atoms with Gasteiger partial charge in [-0.1, -0.05) is 23.7 Å². The number of halogens is 4. The summed E-state index contributed by atoms with van der Waals surface area (Å²) in [4.78, 5) is 10.6. The molecule has 6 heteroatoms. The van der Waals surface area contributed by atoms with Crippen molar-refractivity contribution in [1.29, 1.82) is 0 Å². The SMILES string of the molecule is O=Cc1ccc(OCc2cccc(Cl)c2)c(C(F)(F)F)c1. The second-order valence-corrected chi connectivity index (χ2v) is 4.73. The lowest BCUT2D eigenvalue weighted by Crippen LogP contribution is -2.09. The van der Waals surface area contributed by atoms with Crippen molar-refractivity contribution < 1.29 is 22.7 Å². The summed E-state index contributed by atoms with van der Waals surface area (Å²) in [5.74, 6) is -0.326. The lowest BCUT2D eigenvalue weighted by molar-refractivity contribution is -0.139. The third-order valence-corrected chi connectivity index (χ3v) is 2.96. The van der Waals surface area contributed by atoms with Crippen molar-refractivity contribution in [3.05, 3.63) is 64.2 Å². The van der Waals surface area contributed by atoms with Crippen molar-refractivity contribution >= 4 is 17.9 Å². The molecule has 110 valence electrons. The zero-order chi connectivity index (χ0) is 15.5. The molecular weight excluding hydrogens is 305 g/mol. The fourth-order valence-electron chi connectivity index (χ4n) is 1.76. The van der Waals surface area contributed by atoms with Crippen LogP contribution in [0.4, 0.5) is 13.2 Å². The van der Waals surface area contributed by atoms with Crippen LogP contribution in [0.5, 0.6) is 5.75 Å². The highest BCUT2D eigenvalue weighted by Gasteiger charge is 2.34. The number of hydrogen-bond acceptors (Lipinski definition) is 2. The van der Waals surface area contributed by atoms with Crippen molar-refractivity contribution in [2.24, 2.45) is 0 Å². The Morgan fingerprint density at radius 2 is 1.90 bits per heavy atom. The Morgan fingerprint density at radius 3 is 2.52 bits per heavy atom. The van der Waals surface area contributed by atoms with Gasteiger partial charge in [0.15, 0.2) is 0 Å². The minimum Gasteiger partial charge on any atom is -0.488 e. The average Bonchev–Trinajstić information content (AvgIpc) is 2.44. The van der Waals surface area contributed by atoms with Crippen LogP contribution < -0.4 is 4.74 Å². The smallest absolute Gasteiger partial charge is 0.419 e. The topological polar surface area (TPSA) is 26.3 Å². The highest BCUT2D eigenvalue weighted by molar-refractivity contribution is 6.30. The number of carbonyl (C=O) groups is 1. The van der Waals surface area contributed by atoms with Crippen LogP contribution in [0.3, 0.4) is 0 Å². The van der Waals surface area contributed by atoms with E-state index in [-0.39, 0.29) is 17.9 Å². The largest absolute Gasteiger partial charge is 0.488 e. The first-order chi connectivity index (χ1) is 9.90. The second-order valence-electron chi connectivity index (χ2n) is 4.29. The molecule has 0 bridgehead atoms. The Bertz CT molecular complexity index is 654. The third-order valence-electron chi connectivity index (χ3n) is 2.73. The Morgan fingerprint density at radius 1 is 1.14 bits per heavy atom. The standard InChI is InChI=1S/C15H10ClF3O2/c16-12-3-1-2-11(6-12)9-21-14-5-4-10(8-20)7-13(14)15(17,18)19/h1-8H,9H2. The van der Waals surface area contributed by atoms with Gasteiger partial charge in [-0.2, -0.15) is 13.2 Å². The van der Waals surface area contributed by atoms with Gasteiger partial charge in [0.25, 0.3) is 0 Å². The fourth-order valence-corrected chi connectivity index (χ4v) is 1.97. The van der Waals surface area contributed by atoms with Crippen molar-refractivity contribution in [2.45, 2.75) is 12.8 Å². The highest BCUT2D eigenvalue weighted by Crippen LogP contribution is 2.37. The van der Waals surface area contributed by atoms with E-state index in [9.17, 15) is 18.0 Å². The monoisotopic (exact) mass is 314 g/mol. The average molecular weight is 315 g/mol. The van der Waals surface area contributed by atoms with E-state index in [4.69, 9.17) is 16.3 Å². The van der Waals surface area contributed by atoms with Crippen LogP contribution >= 0.6 is 11.6 Å². The molecule has 0 aliphatic heterocycles. The van der Waals surface area contributed by atoms with Gasteiger partial charge in [-0.25, -0.2) is 0 Å². The Balaban J connectivity index is 2.25. The number of rotatable bonds is 4. The number of ether oxygens (including phenoxy) is 1. The second kappa shape index (κ2) is 6.18. The van der Waals surface area contributed by atoms with Crippen LogP contribution in [0.25, 0.3) is 0 Å². The molecule has 0 atom stereocenters. The maximum absolute atomic E-state index is 12.9. The maximum atomic E-state index is 12.9. The predicted octanol–water partition coefficient (Wildman–Crippen LogP) is 4.75. The third kappa shape index (κ3) is 3.98. The molecule has 2 aromatic rings. The molecule has 2 rings (SSSR count). The van der Waals surface area contributed by atoms with Gasteiger partial charge in [0.1, 0.15) is 18.6 Å². The van der Waals surface area contributed by atoms with Crippen LogP contribution in [-0.4, -0.2) is 6.29 Å². The molecule has 0 saturated heterocycles. The lowest BCUT2D eigenvalue weighted by Gasteiger charge is -2.14. The molecule has 0 heterocycles. The Labute approximate surface area is 124 Å². The number of carbonyl (C=O) groups excluding carboxylic acids is 1. The van der Waals surface area contributed by atoms with Gasteiger partial charge >= 0.3 is 6.18 Å². The molecule has 0 fully saturated rings. The molecule has 21 heavy (non-hydrogen) atoms. The Hall–Kier alpha value is -2.01. The first-order valence-corrected chi connectivity index (χ1v) is 6.31. The molecule has 2 nitrogen and oxygen atoms in total. The summed E-state index contributed by atoms with van der Waals surface area (Å²) in [5.41, 5.74) is -0.387. The van der Waals surface area contributed by atoms with E-state index in [1.165, 1.54) is 6.07 Å². The van der Waals surface area contributed by atoms with E-state index < -0.39 is 11.7 Å². The number of hydrogen-bond donors (Lipinski definition) is 0.